The highest BCUT2D eigenvalue weighted by Crippen LogP contribution is 2.18. The molecule has 0 saturated carbocycles. The van der Waals surface area contributed by atoms with Gasteiger partial charge in [-0.15, -0.1) is 0 Å². The van der Waals surface area contributed by atoms with Crippen molar-refractivity contribution in [3.05, 3.63) is 82.9 Å². The van der Waals surface area contributed by atoms with E-state index in [1.807, 2.05) is 60.7 Å². The van der Waals surface area contributed by atoms with E-state index >= 15 is 0 Å². The lowest BCUT2D eigenvalue weighted by Crippen LogP contribution is -1.89. The Bertz CT molecular complexity index is 686. The first-order valence-corrected chi connectivity index (χ1v) is 6.38. The standard InChI is InChI=1S/2C9H6O/c2*10-9-6-5-7-3-1-2-4-8(7)9/h2*1-6H. The summed E-state index contributed by atoms with van der Waals surface area (Å²) in [7, 11) is 0. The third-order valence-electron chi connectivity index (χ3n) is 3.28. The fourth-order valence-electron chi connectivity index (χ4n) is 2.24. The molecule has 2 aliphatic carbocycles. The molecule has 2 aliphatic rings. The Morgan fingerprint density at radius 3 is 1.30 bits per heavy atom. The molecular weight excluding hydrogens is 248 g/mol. The molecule has 0 heterocycles. The number of fused-ring (bicyclic) bond motifs is 2. The van der Waals surface area contributed by atoms with Crippen LogP contribution in [0.4, 0.5) is 0 Å². The Morgan fingerprint density at radius 2 is 0.900 bits per heavy atom. The van der Waals surface area contributed by atoms with Crippen molar-refractivity contribution in [2.24, 2.45) is 0 Å². The van der Waals surface area contributed by atoms with Crippen molar-refractivity contribution < 1.29 is 9.59 Å². The van der Waals surface area contributed by atoms with Crippen LogP contribution in [0.15, 0.2) is 60.7 Å². The Labute approximate surface area is 117 Å². The lowest BCUT2D eigenvalue weighted by Gasteiger charge is -1.92. The molecule has 0 aliphatic heterocycles. The number of allylic oxidation sites excluding steroid dienone is 2. The highest BCUT2D eigenvalue weighted by molar-refractivity contribution is 6.14. The van der Waals surface area contributed by atoms with Gasteiger partial charge in [-0.25, -0.2) is 0 Å². The van der Waals surface area contributed by atoms with Gasteiger partial charge in [0.05, 0.1) is 0 Å². The number of hydrogen-bond donors (Lipinski definition) is 0. The van der Waals surface area contributed by atoms with Gasteiger partial charge in [-0.1, -0.05) is 60.7 Å². The van der Waals surface area contributed by atoms with Gasteiger partial charge in [-0.05, 0) is 23.3 Å². The molecule has 0 bridgehead atoms. The van der Waals surface area contributed by atoms with E-state index in [1.54, 1.807) is 12.2 Å². The largest absolute Gasteiger partial charge is 0.289 e. The summed E-state index contributed by atoms with van der Waals surface area (Å²) in [6.45, 7) is 0. The van der Waals surface area contributed by atoms with Crippen molar-refractivity contribution in [2.75, 3.05) is 0 Å². The maximum absolute atomic E-state index is 11.0. The maximum atomic E-state index is 11.0. The van der Waals surface area contributed by atoms with Crippen molar-refractivity contribution >= 4 is 23.7 Å². The van der Waals surface area contributed by atoms with Crippen LogP contribution >= 0.6 is 0 Å². The molecule has 96 valence electrons. The summed E-state index contributed by atoms with van der Waals surface area (Å²) >= 11 is 0. The SMILES string of the molecule is O=C1C=Cc2ccccc21.O=C1C=Cc2ccccc21. The van der Waals surface area contributed by atoms with Crippen molar-refractivity contribution in [2.45, 2.75) is 0 Å². The number of carbonyl (C=O) groups excluding carboxylic acids is 2. The maximum Gasteiger partial charge on any atom is 0.186 e. The molecule has 0 fully saturated rings. The van der Waals surface area contributed by atoms with Gasteiger partial charge in [0, 0.05) is 11.1 Å². The van der Waals surface area contributed by atoms with Crippen molar-refractivity contribution in [3.63, 3.8) is 0 Å². The predicted octanol–water partition coefficient (Wildman–Crippen LogP) is 3.79. The third kappa shape index (κ3) is 2.24. The molecule has 2 aromatic carbocycles. The number of hydrogen-bond acceptors (Lipinski definition) is 2. The Kier molecular flexibility index (Phi) is 3.13. The first-order chi connectivity index (χ1) is 9.75. The van der Waals surface area contributed by atoms with Crippen LogP contribution in [0, 0.1) is 0 Å². The second-order valence-electron chi connectivity index (χ2n) is 4.57. The number of rotatable bonds is 0. The summed E-state index contributed by atoms with van der Waals surface area (Å²) in [6.07, 6.45) is 6.89. The second kappa shape index (κ2) is 5.10. The van der Waals surface area contributed by atoms with Gasteiger partial charge in [-0.2, -0.15) is 0 Å². The molecule has 2 nitrogen and oxygen atoms in total. The Morgan fingerprint density at radius 1 is 0.500 bits per heavy atom. The molecule has 0 radical (unpaired) electrons. The number of benzene rings is 2. The molecule has 0 aromatic heterocycles. The van der Waals surface area contributed by atoms with Crippen LogP contribution in [0.25, 0.3) is 12.2 Å². The van der Waals surface area contributed by atoms with Crippen LogP contribution in [0.3, 0.4) is 0 Å². The summed E-state index contributed by atoms with van der Waals surface area (Å²) in [6, 6.07) is 15.2. The Balaban J connectivity index is 0.000000121. The van der Waals surface area contributed by atoms with Crippen molar-refractivity contribution in [3.8, 4) is 0 Å². The molecule has 0 amide bonds. The van der Waals surface area contributed by atoms with Gasteiger partial charge < -0.3 is 0 Å². The highest BCUT2D eigenvalue weighted by atomic mass is 16.1. The quantitative estimate of drug-likeness (QED) is 0.722. The zero-order chi connectivity index (χ0) is 13.9. The van der Waals surface area contributed by atoms with Crippen LogP contribution in [-0.2, 0) is 0 Å². The minimum absolute atomic E-state index is 0.121. The number of ketones is 2. The van der Waals surface area contributed by atoms with E-state index in [-0.39, 0.29) is 11.6 Å². The lowest BCUT2D eigenvalue weighted by molar-refractivity contribution is 0.104. The average molecular weight is 260 g/mol. The third-order valence-corrected chi connectivity index (χ3v) is 3.28. The molecule has 2 aromatic rings. The topological polar surface area (TPSA) is 34.1 Å². The molecule has 0 unspecified atom stereocenters. The van der Waals surface area contributed by atoms with E-state index in [0.29, 0.717) is 0 Å². The zero-order valence-corrected chi connectivity index (χ0v) is 10.7. The van der Waals surface area contributed by atoms with Gasteiger partial charge in [0.15, 0.2) is 11.6 Å². The monoisotopic (exact) mass is 260 g/mol. The molecule has 0 saturated heterocycles. The van der Waals surface area contributed by atoms with Crippen LogP contribution in [0.2, 0.25) is 0 Å². The number of carbonyl (C=O) groups is 2. The van der Waals surface area contributed by atoms with Crippen LogP contribution in [-0.4, -0.2) is 11.6 Å². The summed E-state index contributed by atoms with van der Waals surface area (Å²) < 4.78 is 0. The van der Waals surface area contributed by atoms with E-state index in [2.05, 4.69) is 0 Å². The average Bonchev–Trinajstić information content (AvgIpc) is 3.05. The molecule has 0 atom stereocenters. The molecule has 4 rings (SSSR count). The van der Waals surface area contributed by atoms with E-state index in [0.717, 1.165) is 22.3 Å². The van der Waals surface area contributed by atoms with Crippen molar-refractivity contribution in [1.82, 2.24) is 0 Å². The van der Waals surface area contributed by atoms with Gasteiger partial charge >= 0.3 is 0 Å². The summed E-state index contributed by atoms with van der Waals surface area (Å²) in [5.41, 5.74) is 3.71. The predicted molar refractivity (Wildman–Crippen MR) is 79.6 cm³/mol. The summed E-state index contributed by atoms with van der Waals surface area (Å²) in [5, 5.41) is 0. The van der Waals surface area contributed by atoms with Crippen LogP contribution < -0.4 is 0 Å². The van der Waals surface area contributed by atoms with E-state index in [4.69, 9.17) is 0 Å². The highest BCUT2D eigenvalue weighted by Gasteiger charge is 2.11. The van der Waals surface area contributed by atoms with Gasteiger partial charge in [0.1, 0.15) is 0 Å². The van der Waals surface area contributed by atoms with Crippen LogP contribution in [0.5, 0.6) is 0 Å². The molecule has 0 N–H and O–H groups in total. The van der Waals surface area contributed by atoms with E-state index < -0.39 is 0 Å². The normalized spacial score (nSPS) is 13.8. The molecule has 0 spiro atoms. The first-order valence-electron chi connectivity index (χ1n) is 6.38. The fraction of sp³-hybridized carbons (Fsp3) is 0. The second-order valence-corrected chi connectivity index (χ2v) is 4.57. The van der Waals surface area contributed by atoms with Crippen LogP contribution in [0.1, 0.15) is 31.8 Å². The van der Waals surface area contributed by atoms with Gasteiger partial charge in [0.25, 0.3) is 0 Å². The minimum atomic E-state index is 0.121. The first kappa shape index (κ1) is 12.3. The molecular formula is C18H12O2. The smallest absolute Gasteiger partial charge is 0.186 e. The molecule has 2 heteroatoms. The lowest BCUT2D eigenvalue weighted by atomic mass is 10.1. The van der Waals surface area contributed by atoms with E-state index in [1.165, 1.54) is 0 Å². The van der Waals surface area contributed by atoms with Gasteiger partial charge in [0.2, 0.25) is 0 Å². The zero-order valence-electron chi connectivity index (χ0n) is 10.7. The summed E-state index contributed by atoms with van der Waals surface area (Å²) in [5.74, 6) is 0.242. The Hall–Kier alpha value is -2.74. The fourth-order valence-corrected chi connectivity index (χ4v) is 2.24. The minimum Gasteiger partial charge on any atom is -0.289 e. The van der Waals surface area contributed by atoms with E-state index in [9.17, 15) is 9.59 Å². The summed E-state index contributed by atoms with van der Waals surface area (Å²) in [4.78, 5) is 22.0. The van der Waals surface area contributed by atoms with Crippen molar-refractivity contribution in [1.29, 1.82) is 0 Å². The van der Waals surface area contributed by atoms with Gasteiger partial charge in [-0.3, -0.25) is 9.59 Å². The molecule has 20 heavy (non-hydrogen) atoms.